The van der Waals surface area contributed by atoms with Gasteiger partial charge in [-0.1, -0.05) is 49.6 Å². The number of rotatable bonds is 10. The smallest absolute Gasteiger partial charge is 0.321 e. The van der Waals surface area contributed by atoms with E-state index in [0.717, 1.165) is 76.7 Å². The maximum atomic E-state index is 14.2. The number of carboxylic acid groups (broad SMARTS) is 1. The van der Waals surface area contributed by atoms with Crippen LogP contribution >= 0.6 is 0 Å². The van der Waals surface area contributed by atoms with Crippen molar-refractivity contribution in [3.63, 3.8) is 0 Å². The number of hydrogen-bond acceptors (Lipinski definition) is 4. The fraction of sp³-hybridized carbons (Fsp3) is 0.576. The number of benzene rings is 2. The van der Waals surface area contributed by atoms with E-state index in [9.17, 15) is 19.1 Å². The molecule has 40 heavy (non-hydrogen) atoms. The van der Waals surface area contributed by atoms with E-state index in [1.165, 1.54) is 12.5 Å². The molecule has 2 aromatic carbocycles. The van der Waals surface area contributed by atoms with Gasteiger partial charge in [0.2, 0.25) is 0 Å². The van der Waals surface area contributed by atoms with Crippen LogP contribution < -0.4 is 5.32 Å². The molecule has 216 valence electrons. The van der Waals surface area contributed by atoms with E-state index in [0.29, 0.717) is 24.6 Å². The maximum Gasteiger partial charge on any atom is 0.321 e. The van der Waals surface area contributed by atoms with Crippen molar-refractivity contribution in [2.45, 2.75) is 63.3 Å². The van der Waals surface area contributed by atoms with Crippen LogP contribution in [0.1, 0.15) is 73.2 Å². The van der Waals surface area contributed by atoms with Crippen molar-refractivity contribution in [2.75, 3.05) is 39.3 Å². The zero-order valence-electron chi connectivity index (χ0n) is 23.5. The predicted octanol–water partition coefficient (Wildman–Crippen LogP) is 5.41. The van der Waals surface area contributed by atoms with Crippen molar-refractivity contribution in [3.8, 4) is 0 Å². The van der Waals surface area contributed by atoms with Crippen molar-refractivity contribution in [2.24, 2.45) is 17.8 Å². The molecule has 0 spiro atoms. The lowest BCUT2D eigenvalue weighted by Crippen LogP contribution is -2.46. The number of aliphatic carboxylic acids is 1. The van der Waals surface area contributed by atoms with Crippen LogP contribution in [-0.2, 0) is 4.79 Å². The molecule has 2 aliphatic heterocycles. The quantitative estimate of drug-likeness (QED) is 0.415. The highest BCUT2D eigenvalue weighted by molar-refractivity contribution is 5.94. The summed E-state index contributed by atoms with van der Waals surface area (Å²) in [4.78, 5) is 29.6. The minimum absolute atomic E-state index is 0.0138. The molecule has 1 amide bonds. The highest BCUT2D eigenvalue weighted by Crippen LogP contribution is 2.39. The molecule has 2 N–H and O–H groups in total. The third kappa shape index (κ3) is 7.29. The molecule has 0 bridgehead atoms. The molecule has 3 fully saturated rings. The lowest BCUT2D eigenvalue weighted by Gasteiger charge is -2.35. The first-order chi connectivity index (χ1) is 19.5. The largest absolute Gasteiger partial charge is 0.480 e. The van der Waals surface area contributed by atoms with Gasteiger partial charge in [0.1, 0.15) is 11.9 Å². The van der Waals surface area contributed by atoms with Crippen LogP contribution in [0.5, 0.6) is 0 Å². The summed E-state index contributed by atoms with van der Waals surface area (Å²) in [6.07, 6.45) is 8.59. The highest BCUT2D eigenvalue weighted by Gasteiger charge is 2.43. The van der Waals surface area contributed by atoms with Gasteiger partial charge in [0.05, 0.1) is 0 Å². The lowest BCUT2D eigenvalue weighted by atomic mass is 9.83. The fourth-order valence-electron chi connectivity index (χ4n) is 7.41. The molecule has 5 rings (SSSR count). The van der Waals surface area contributed by atoms with E-state index in [2.05, 4.69) is 15.1 Å². The van der Waals surface area contributed by atoms with E-state index in [-0.39, 0.29) is 29.5 Å². The van der Waals surface area contributed by atoms with Crippen molar-refractivity contribution in [3.05, 3.63) is 71.5 Å². The topological polar surface area (TPSA) is 72.9 Å². The van der Waals surface area contributed by atoms with Crippen LogP contribution in [0.3, 0.4) is 0 Å². The van der Waals surface area contributed by atoms with Crippen molar-refractivity contribution >= 4 is 11.9 Å². The zero-order chi connectivity index (χ0) is 27.9. The SMILES string of the molecule is O=C(NCCC1CCN(C[C@H]2CN([C@@H](C(=O)O)C3CCCCC3)C[C@@H]2c2cccc(F)c2)CC1)c1ccccc1. The Bertz CT molecular complexity index is 1110. The summed E-state index contributed by atoms with van der Waals surface area (Å²) in [5.41, 5.74) is 1.69. The molecule has 2 saturated heterocycles. The molecule has 3 atom stereocenters. The summed E-state index contributed by atoms with van der Waals surface area (Å²) in [6.45, 7) is 5.05. The van der Waals surface area contributed by atoms with Gasteiger partial charge in [-0.2, -0.15) is 0 Å². The normalized spacial score (nSPS) is 24.1. The molecule has 1 saturated carbocycles. The second kappa shape index (κ2) is 13.7. The van der Waals surface area contributed by atoms with E-state index in [1.54, 1.807) is 12.1 Å². The predicted molar refractivity (Wildman–Crippen MR) is 155 cm³/mol. The summed E-state index contributed by atoms with van der Waals surface area (Å²) < 4.78 is 14.2. The van der Waals surface area contributed by atoms with E-state index >= 15 is 0 Å². The van der Waals surface area contributed by atoms with Gasteiger partial charge in [-0.15, -0.1) is 0 Å². The van der Waals surface area contributed by atoms with Gasteiger partial charge in [0.15, 0.2) is 0 Å². The molecule has 2 heterocycles. The Labute approximate surface area is 237 Å². The molecule has 3 aliphatic rings. The van der Waals surface area contributed by atoms with Gasteiger partial charge >= 0.3 is 5.97 Å². The summed E-state index contributed by atoms with van der Waals surface area (Å²) in [7, 11) is 0. The average Bonchev–Trinajstić information content (AvgIpc) is 3.37. The standard InChI is InChI=1S/C33H44FN3O3/c34-29-13-7-12-27(20-29)30-23-37(31(33(39)40)25-8-3-1-4-9-25)22-28(30)21-36-18-15-24(16-19-36)14-17-35-32(38)26-10-5-2-6-11-26/h2,5-7,10-13,20,24-25,28,30-31H,1,3-4,8-9,14-19,21-23H2,(H,35,38)(H,39,40)/t28-,30+,31+/m0/s1. The Morgan fingerprint density at radius 2 is 1.70 bits per heavy atom. The Hall–Kier alpha value is -2.77. The van der Waals surface area contributed by atoms with E-state index in [1.807, 2.05) is 36.4 Å². The molecular formula is C33H44FN3O3. The number of carboxylic acids is 1. The number of halogens is 1. The average molecular weight is 550 g/mol. The van der Waals surface area contributed by atoms with Crippen LogP contribution in [0.4, 0.5) is 4.39 Å². The number of carbonyl (C=O) groups excluding carboxylic acids is 1. The number of carbonyl (C=O) groups is 2. The number of piperidine rings is 1. The van der Waals surface area contributed by atoms with E-state index < -0.39 is 12.0 Å². The molecule has 6 nitrogen and oxygen atoms in total. The van der Waals surface area contributed by atoms with Gasteiger partial charge in [-0.25, -0.2) is 4.39 Å². The van der Waals surface area contributed by atoms with Crippen LogP contribution in [0.2, 0.25) is 0 Å². The first-order valence-electron chi connectivity index (χ1n) is 15.3. The minimum Gasteiger partial charge on any atom is -0.480 e. The molecule has 1 aliphatic carbocycles. The Balaban J connectivity index is 1.17. The summed E-state index contributed by atoms with van der Waals surface area (Å²) in [5, 5.41) is 13.3. The summed E-state index contributed by atoms with van der Waals surface area (Å²) in [5.74, 6) is 0.258. The third-order valence-corrected chi connectivity index (χ3v) is 9.56. The maximum absolute atomic E-state index is 14.2. The van der Waals surface area contributed by atoms with Crippen LogP contribution in [-0.4, -0.2) is 72.1 Å². The monoisotopic (exact) mass is 549 g/mol. The van der Waals surface area contributed by atoms with Gasteiger partial charge in [-0.05, 0) is 92.8 Å². The Morgan fingerprint density at radius 3 is 2.40 bits per heavy atom. The molecule has 7 heteroatoms. The summed E-state index contributed by atoms with van der Waals surface area (Å²) >= 11 is 0. The van der Waals surface area contributed by atoms with Gasteiger partial charge < -0.3 is 15.3 Å². The van der Waals surface area contributed by atoms with Crippen LogP contribution in [0, 0.1) is 23.6 Å². The van der Waals surface area contributed by atoms with Crippen molar-refractivity contribution < 1.29 is 19.1 Å². The minimum atomic E-state index is -0.703. The molecule has 0 aromatic heterocycles. The molecule has 0 radical (unpaired) electrons. The van der Waals surface area contributed by atoms with Crippen molar-refractivity contribution in [1.82, 2.24) is 15.1 Å². The molecular weight excluding hydrogens is 505 g/mol. The van der Waals surface area contributed by atoms with Crippen LogP contribution in [0.25, 0.3) is 0 Å². The van der Waals surface area contributed by atoms with Crippen molar-refractivity contribution in [1.29, 1.82) is 0 Å². The molecule has 2 aromatic rings. The lowest BCUT2D eigenvalue weighted by molar-refractivity contribution is -0.145. The highest BCUT2D eigenvalue weighted by atomic mass is 19.1. The van der Waals surface area contributed by atoms with Crippen LogP contribution in [0.15, 0.2) is 54.6 Å². The van der Waals surface area contributed by atoms with Gasteiger partial charge in [-0.3, -0.25) is 14.5 Å². The Morgan fingerprint density at radius 1 is 0.950 bits per heavy atom. The number of likely N-dealkylation sites (tertiary alicyclic amines) is 2. The first kappa shape index (κ1) is 28.7. The van der Waals surface area contributed by atoms with E-state index in [4.69, 9.17) is 0 Å². The fourth-order valence-corrected chi connectivity index (χ4v) is 7.41. The number of hydrogen-bond donors (Lipinski definition) is 2. The number of nitrogens with one attached hydrogen (secondary N) is 1. The number of nitrogens with zero attached hydrogens (tertiary/aromatic N) is 2. The number of amides is 1. The Kier molecular flexibility index (Phi) is 9.87. The second-order valence-corrected chi connectivity index (χ2v) is 12.2. The summed E-state index contributed by atoms with van der Waals surface area (Å²) in [6, 6.07) is 15.8. The van der Waals surface area contributed by atoms with Gasteiger partial charge in [0.25, 0.3) is 5.91 Å². The first-order valence-corrected chi connectivity index (χ1v) is 15.3. The van der Waals surface area contributed by atoms with Gasteiger partial charge in [0, 0.05) is 37.7 Å². The zero-order valence-corrected chi connectivity index (χ0v) is 23.5. The third-order valence-electron chi connectivity index (χ3n) is 9.56. The second-order valence-electron chi connectivity index (χ2n) is 12.2. The molecule has 0 unspecified atom stereocenters.